The third-order valence-corrected chi connectivity index (χ3v) is 3.94. The van der Waals surface area contributed by atoms with Crippen molar-refractivity contribution in [2.45, 2.75) is 55.6 Å². The van der Waals surface area contributed by atoms with E-state index in [1.807, 2.05) is 24.3 Å². The third-order valence-electron chi connectivity index (χ3n) is 3.94. The molecule has 1 aliphatic rings. The van der Waals surface area contributed by atoms with E-state index >= 15 is 0 Å². The Morgan fingerprint density at radius 2 is 1.16 bits per heavy atom. The van der Waals surface area contributed by atoms with Crippen LogP contribution >= 0.6 is 0 Å². The molecular weight excluding hydrogens is 232 g/mol. The van der Waals surface area contributed by atoms with Gasteiger partial charge in [0.15, 0.2) is 0 Å². The van der Waals surface area contributed by atoms with E-state index in [0.717, 1.165) is 38.5 Å². The summed E-state index contributed by atoms with van der Waals surface area (Å²) in [6.45, 7) is 15.5. The molecule has 0 atom stereocenters. The fourth-order valence-corrected chi connectivity index (χ4v) is 3.49. The Hall–Kier alpha value is -1.12. The largest absolute Gasteiger partial charge is 0.304 e. The molecule has 0 unspecified atom stereocenters. The van der Waals surface area contributed by atoms with E-state index in [9.17, 15) is 0 Å². The van der Waals surface area contributed by atoms with Crippen LogP contribution in [0, 0.1) is 0 Å². The monoisotopic (exact) mass is 259 g/mol. The number of hydrogen-bond donors (Lipinski definition) is 1. The van der Waals surface area contributed by atoms with Crippen LogP contribution in [0.1, 0.15) is 38.5 Å². The Balaban J connectivity index is 3.06. The van der Waals surface area contributed by atoms with Gasteiger partial charge in [0.05, 0.1) is 0 Å². The molecule has 1 radical (unpaired) electrons. The van der Waals surface area contributed by atoms with Crippen molar-refractivity contribution in [3.05, 3.63) is 50.6 Å². The van der Waals surface area contributed by atoms with Gasteiger partial charge >= 0.3 is 0 Å². The maximum absolute atomic E-state index is 8.32. The lowest BCUT2D eigenvalue weighted by atomic mass is 9.71. The fraction of sp³-hybridized carbons (Fsp3) is 0.529. The molecule has 0 spiro atoms. The number of nitrogens with one attached hydrogen (secondary N) is 2. The van der Waals surface area contributed by atoms with Crippen molar-refractivity contribution < 1.29 is 0 Å². The molecule has 0 amide bonds. The second-order valence-corrected chi connectivity index (χ2v) is 5.76. The van der Waals surface area contributed by atoms with Crippen LogP contribution in [-0.2, 0) is 0 Å². The predicted octanol–water partition coefficient (Wildman–Crippen LogP) is 3.80. The minimum absolute atomic E-state index is 0.0546. The quantitative estimate of drug-likeness (QED) is 0.661. The van der Waals surface area contributed by atoms with E-state index in [1.165, 1.54) is 0 Å². The average Bonchev–Trinajstić information content (AvgIpc) is 2.28. The molecule has 2 N–H and O–H groups in total. The minimum atomic E-state index is -0.0831. The number of piperidine rings is 1. The van der Waals surface area contributed by atoms with E-state index in [-0.39, 0.29) is 17.1 Å². The Morgan fingerprint density at radius 3 is 1.42 bits per heavy atom. The Bertz CT molecular complexity index is 291. The van der Waals surface area contributed by atoms with E-state index in [2.05, 4.69) is 31.6 Å². The topological polar surface area (TPSA) is 35.8 Å². The second kappa shape index (κ2) is 6.88. The van der Waals surface area contributed by atoms with Crippen LogP contribution in [0.3, 0.4) is 0 Å². The second-order valence-electron chi connectivity index (χ2n) is 5.76. The molecule has 1 saturated heterocycles. The zero-order valence-electron chi connectivity index (χ0n) is 12.0. The van der Waals surface area contributed by atoms with E-state index in [1.54, 1.807) is 0 Å². The molecule has 0 aromatic rings. The molecule has 1 aliphatic heterocycles. The predicted molar refractivity (Wildman–Crippen MR) is 84.0 cm³/mol. The molecule has 2 nitrogen and oxygen atoms in total. The van der Waals surface area contributed by atoms with Crippen LogP contribution in [0.15, 0.2) is 50.6 Å². The van der Waals surface area contributed by atoms with Crippen molar-refractivity contribution in [1.29, 1.82) is 0 Å². The summed E-state index contributed by atoms with van der Waals surface area (Å²) in [5.74, 6) is 0. The molecule has 1 rings (SSSR count). The summed E-state index contributed by atoms with van der Waals surface area (Å²) in [5, 5.41) is 3.81. The van der Waals surface area contributed by atoms with Gasteiger partial charge in [0.25, 0.3) is 0 Å². The Kier molecular flexibility index (Phi) is 5.77. The van der Waals surface area contributed by atoms with Gasteiger partial charge in [-0.05, 0) is 38.5 Å². The van der Waals surface area contributed by atoms with Crippen LogP contribution in [0.5, 0.6) is 0 Å². The van der Waals surface area contributed by atoms with Crippen LogP contribution in [-0.4, -0.2) is 17.1 Å². The Morgan fingerprint density at radius 1 is 0.842 bits per heavy atom. The highest BCUT2D eigenvalue weighted by Gasteiger charge is 2.44. The van der Waals surface area contributed by atoms with Gasteiger partial charge < -0.3 is 5.32 Å². The summed E-state index contributed by atoms with van der Waals surface area (Å²) in [7, 11) is 0. The van der Waals surface area contributed by atoms with E-state index in [0.29, 0.717) is 0 Å². The highest BCUT2D eigenvalue weighted by atomic mass is 15.1. The molecule has 1 fully saturated rings. The number of rotatable bonds is 8. The van der Waals surface area contributed by atoms with Crippen LogP contribution in [0.4, 0.5) is 0 Å². The summed E-state index contributed by atoms with van der Waals surface area (Å²) in [5.41, 5.74) is 8.15. The van der Waals surface area contributed by atoms with E-state index in [4.69, 9.17) is 5.73 Å². The smallest absolute Gasteiger partial charge is 0.0270 e. The first-order chi connectivity index (χ1) is 9.05. The van der Waals surface area contributed by atoms with Gasteiger partial charge in [-0.25, -0.2) is 0 Å². The SMILES string of the molecule is C=CCC1(CC=C)CC([NH])CC(CC=C)(CC=C)N1. The van der Waals surface area contributed by atoms with Gasteiger partial charge in [-0.15, -0.1) is 26.3 Å². The van der Waals surface area contributed by atoms with Crippen LogP contribution in [0.2, 0.25) is 0 Å². The molecule has 2 heteroatoms. The van der Waals surface area contributed by atoms with Gasteiger partial charge in [-0.1, -0.05) is 24.3 Å². The standard InChI is InChI=1S/C17H27N2/c1-5-9-16(10-6-2)13-15(18)14-17(19-16,11-7-3)12-8-4/h5-8,15,18-19H,1-4,9-14H2. The lowest BCUT2D eigenvalue weighted by molar-refractivity contribution is 0.113. The first-order valence-corrected chi connectivity index (χ1v) is 6.99. The van der Waals surface area contributed by atoms with Crippen molar-refractivity contribution in [2.75, 3.05) is 0 Å². The maximum atomic E-state index is 8.32. The minimum Gasteiger partial charge on any atom is -0.304 e. The van der Waals surface area contributed by atoms with Crippen molar-refractivity contribution in [2.24, 2.45) is 0 Å². The highest BCUT2D eigenvalue weighted by molar-refractivity contribution is 5.13. The molecular formula is C17H27N2. The number of hydrogen-bond acceptors (Lipinski definition) is 1. The summed E-state index contributed by atoms with van der Waals surface area (Å²) in [6, 6.07) is -0.0546. The molecule has 0 bridgehead atoms. The summed E-state index contributed by atoms with van der Waals surface area (Å²) in [4.78, 5) is 0. The van der Waals surface area contributed by atoms with Gasteiger partial charge in [-0.3, -0.25) is 5.73 Å². The summed E-state index contributed by atoms with van der Waals surface area (Å²) < 4.78 is 0. The molecule has 105 valence electrons. The molecule has 1 heterocycles. The van der Waals surface area contributed by atoms with Crippen LogP contribution < -0.4 is 11.1 Å². The zero-order valence-corrected chi connectivity index (χ0v) is 12.0. The normalized spacial score (nSPS) is 21.5. The molecule has 0 aromatic carbocycles. The zero-order chi connectivity index (χ0) is 14.4. The van der Waals surface area contributed by atoms with Crippen molar-refractivity contribution in [3.63, 3.8) is 0 Å². The van der Waals surface area contributed by atoms with Gasteiger partial charge in [0.2, 0.25) is 0 Å². The first kappa shape index (κ1) is 15.9. The van der Waals surface area contributed by atoms with Gasteiger partial charge in [0, 0.05) is 17.1 Å². The average molecular weight is 259 g/mol. The molecule has 0 aromatic heterocycles. The third kappa shape index (κ3) is 3.92. The fourth-order valence-electron chi connectivity index (χ4n) is 3.49. The first-order valence-electron chi connectivity index (χ1n) is 6.99. The van der Waals surface area contributed by atoms with Crippen molar-refractivity contribution >= 4 is 0 Å². The molecule has 0 aliphatic carbocycles. The molecule has 0 saturated carbocycles. The molecule has 19 heavy (non-hydrogen) atoms. The van der Waals surface area contributed by atoms with Crippen molar-refractivity contribution in [1.82, 2.24) is 11.1 Å². The summed E-state index contributed by atoms with van der Waals surface area (Å²) >= 11 is 0. The van der Waals surface area contributed by atoms with E-state index < -0.39 is 0 Å². The van der Waals surface area contributed by atoms with Crippen LogP contribution in [0.25, 0.3) is 0 Å². The maximum Gasteiger partial charge on any atom is 0.0270 e. The lowest BCUT2D eigenvalue weighted by Crippen LogP contribution is -2.64. The van der Waals surface area contributed by atoms with Gasteiger partial charge in [0.1, 0.15) is 0 Å². The van der Waals surface area contributed by atoms with Gasteiger partial charge in [-0.2, -0.15) is 0 Å². The Labute approximate surface area is 118 Å². The lowest BCUT2D eigenvalue weighted by Gasteiger charge is -2.51. The van der Waals surface area contributed by atoms with Crippen molar-refractivity contribution in [3.8, 4) is 0 Å². The summed E-state index contributed by atoms with van der Waals surface area (Å²) in [6.07, 6.45) is 12.9. The highest BCUT2D eigenvalue weighted by Crippen LogP contribution is 2.38.